The molecule has 0 spiro atoms. The van der Waals surface area contributed by atoms with Crippen LogP contribution in [0.5, 0.6) is 0 Å². The molecular weight excluding hydrogens is 250 g/mol. The molecule has 0 heterocycles. The Morgan fingerprint density at radius 3 is 2.41 bits per heavy atom. The highest BCUT2D eigenvalue weighted by Crippen LogP contribution is 2.29. The molecule has 2 aromatic carbocycles. The molecule has 0 radical (unpaired) electrons. The van der Waals surface area contributed by atoms with Crippen molar-refractivity contribution in [2.45, 2.75) is 10.6 Å². The Bertz CT molecular complexity index is 543. The van der Waals surface area contributed by atoms with Crippen LogP contribution in [0, 0.1) is 11.3 Å². The average molecular weight is 260 g/mol. The molecule has 0 N–H and O–H groups in total. The first kappa shape index (κ1) is 12.0. The van der Waals surface area contributed by atoms with E-state index in [1.165, 1.54) is 5.56 Å². The largest absolute Gasteiger partial charge is 0.192 e. The first-order chi connectivity index (χ1) is 8.29. The van der Waals surface area contributed by atoms with Crippen LogP contribution in [0.1, 0.15) is 11.1 Å². The molecule has 3 heteroatoms. The maximum Gasteiger partial charge on any atom is 0.0991 e. The van der Waals surface area contributed by atoms with Gasteiger partial charge >= 0.3 is 0 Å². The Morgan fingerprint density at radius 2 is 1.76 bits per heavy atom. The van der Waals surface area contributed by atoms with Crippen LogP contribution in [-0.2, 0) is 5.75 Å². The second kappa shape index (κ2) is 5.77. The molecule has 0 unspecified atom stereocenters. The number of rotatable bonds is 3. The van der Waals surface area contributed by atoms with Gasteiger partial charge in [0.1, 0.15) is 0 Å². The Hall–Kier alpha value is -1.43. The second-order valence-electron chi connectivity index (χ2n) is 3.53. The van der Waals surface area contributed by atoms with Crippen molar-refractivity contribution in [1.82, 2.24) is 0 Å². The van der Waals surface area contributed by atoms with Crippen LogP contribution in [-0.4, -0.2) is 0 Å². The summed E-state index contributed by atoms with van der Waals surface area (Å²) >= 11 is 7.77. The van der Waals surface area contributed by atoms with Crippen LogP contribution in [0.4, 0.5) is 0 Å². The predicted molar refractivity (Wildman–Crippen MR) is 72.2 cm³/mol. The van der Waals surface area contributed by atoms with E-state index in [-0.39, 0.29) is 0 Å². The summed E-state index contributed by atoms with van der Waals surface area (Å²) in [5.74, 6) is 0.857. The fraction of sp³-hybridized carbons (Fsp3) is 0.0714. The molecule has 1 nitrogen and oxygen atoms in total. The predicted octanol–water partition coefficient (Wildman–Crippen LogP) is 4.50. The highest BCUT2D eigenvalue weighted by Gasteiger charge is 2.00. The first-order valence-electron chi connectivity index (χ1n) is 5.16. The van der Waals surface area contributed by atoms with Crippen molar-refractivity contribution in [3.05, 3.63) is 64.7 Å². The molecule has 0 bridgehead atoms. The van der Waals surface area contributed by atoms with Gasteiger partial charge in [0, 0.05) is 10.6 Å². The number of halogens is 1. The molecule has 0 amide bonds. The highest BCUT2D eigenvalue weighted by atomic mass is 35.5. The Morgan fingerprint density at radius 1 is 1.06 bits per heavy atom. The van der Waals surface area contributed by atoms with Crippen LogP contribution >= 0.6 is 23.4 Å². The van der Waals surface area contributed by atoms with Crippen LogP contribution in [0.3, 0.4) is 0 Å². The molecule has 0 aliphatic heterocycles. The van der Waals surface area contributed by atoms with Crippen molar-refractivity contribution in [3.63, 3.8) is 0 Å². The van der Waals surface area contributed by atoms with Crippen molar-refractivity contribution < 1.29 is 0 Å². The third-order valence-corrected chi connectivity index (χ3v) is 3.90. The maximum atomic E-state index is 8.70. The van der Waals surface area contributed by atoms with Crippen LogP contribution in [0.15, 0.2) is 53.4 Å². The second-order valence-corrected chi connectivity index (χ2v) is 4.95. The number of hydrogen-bond acceptors (Lipinski definition) is 2. The summed E-state index contributed by atoms with van der Waals surface area (Å²) in [7, 11) is 0. The summed E-state index contributed by atoms with van der Waals surface area (Å²) in [5.41, 5.74) is 1.88. The molecule has 0 aliphatic carbocycles. The Balaban J connectivity index is 2.03. The Kier molecular flexibility index (Phi) is 4.08. The van der Waals surface area contributed by atoms with Gasteiger partial charge in [0.2, 0.25) is 0 Å². The van der Waals surface area contributed by atoms with Gasteiger partial charge in [0.25, 0.3) is 0 Å². The van der Waals surface area contributed by atoms with E-state index in [0.717, 1.165) is 15.7 Å². The van der Waals surface area contributed by atoms with Crippen molar-refractivity contribution in [3.8, 4) is 6.07 Å². The molecule has 2 aromatic rings. The lowest BCUT2D eigenvalue weighted by atomic mass is 10.2. The fourth-order valence-electron chi connectivity index (χ4n) is 1.40. The lowest BCUT2D eigenvalue weighted by molar-refractivity contribution is 1.37. The topological polar surface area (TPSA) is 23.8 Å². The van der Waals surface area contributed by atoms with Crippen LogP contribution in [0.25, 0.3) is 0 Å². The van der Waals surface area contributed by atoms with Gasteiger partial charge in [0.05, 0.1) is 16.7 Å². The smallest absolute Gasteiger partial charge is 0.0991 e. The van der Waals surface area contributed by atoms with Gasteiger partial charge in [-0.25, -0.2) is 0 Å². The average Bonchev–Trinajstić information content (AvgIpc) is 2.38. The monoisotopic (exact) mass is 259 g/mol. The minimum atomic E-state index is 0.691. The van der Waals surface area contributed by atoms with Crippen molar-refractivity contribution in [1.29, 1.82) is 5.26 Å². The van der Waals surface area contributed by atoms with Gasteiger partial charge in [-0.05, 0) is 29.8 Å². The van der Waals surface area contributed by atoms with Gasteiger partial charge in [-0.2, -0.15) is 5.26 Å². The van der Waals surface area contributed by atoms with E-state index in [9.17, 15) is 0 Å². The molecule has 0 aliphatic rings. The van der Waals surface area contributed by atoms with E-state index in [2.05, 4.69) is 6.07 Å². The normalized spacial score (nSPS) is 9.88. The zero-order valence-corrected chi connectivity index (χ0v) is 10.6. The summed E-state index contributed by atoms with van der Waals surface area (Å²) in [6.07, 6.45) is 0. The molecule has 0 atom stereocenters. The molecule has 0 fully saturated rings. The Labute approximate surface area is 110 Å². The minimum absolute atomic E-state index is 0.691. The van der Waals surface area contributed by atoms with E-state index in [0.29, 0.717) is 5.56 Å². The summed E-state index contributed by atoms with van der Waals surface area (Å²) in [4.78, 5) is 1.08. The molecule has 2 rings (SSSR count). The van der Waals surface area contributed by atoms with E-state index in [1.807, 2.05) is 48.5 Å². The quantitative estimate of drug-likeness (QED) is 0.758. The molecule has 0 saturated heterocycles. The maximum absolute atomic E-state index is 8.70. The fourth-order valence-corrected chi connectivity index (χ4v) is 2.59. The third kappa shape index (κ3) is 3.26. The summed E-state index contributed by atoms with van der Waals surface area (Å²) < 4.78 is 0. The van der Waals surface area contributed by atoms with Gasteiger partial charge in [-0.1, -0.05) is 35.9 Å². The molecular formula is C14H10ClNS. The number of nitriles is 1. The van der Waals surface area contributed by atoms with Crippen molar-refractivity contribution >= 4 is 23.4 Å². The van der Waals surface area contributed by atoms with Gasteiger partial charge < -0.3 is 0 Å². The number of benzene rings is 2. The number of hydrogen-bond donors (Lipinski definition) is 0. The lowest BCUT2D eigenvalue weighted by Gasteiger charge is -2.03. The molecule has 84 valence electrons. The van der Waals surface area contributed by atoms with Crippen molar-refractivity contribution in [2.75, 3.05) is 0 Å². The van der Waals surface area contributed by atoms with Crippen LogP contribution in [0.2, 0.25) is 5.02 Å². The van der Waals surface area contributed by atoms with Crippen molar-refractivity contribution in [2.24, 2.45) is 0 Å². The summed E-state index contributed by atoms with van der Waals surface area (Å²) in [6.45, 7) is 0. The zero-order valence-electron chi connectivity index (χ0n) is 9.06. The van der Waals surface area contributed by atoms with Gasteiger partial charge in [-0.3, -0.25) is 0 Å². The summed E-state index contributed by atoms with van der Waals surface area (Å²) in [6, 6.07) is 17.5. The SMILES string of the molecule is N#Cc1ccc(CSc2ccccc2Cl)cc1. The summed E-state index contributed by atoms with van der Waals surface area (Å²) in [5, 5.41) is 9.48. The van der Waals surface area contributed by atoms with Gasteiger partial charge in [-0.15, -0.1) is 11.8 Å². The van der Waals surface area contributed by atoms with Gasteiger partial charge in [0.15, 0.2) is 0 Å². The van der Waals surface area contributed by atoms with E-state index >= 15 is 0 Å². The van der Waals surface area contributed by atoms with E-state index in [1.54, 1.807) is 11.8 Å². The first-order valence-corrected chi connectivity index (χ1v) is 6.52. The highest BCUT2D eigenvalue weighted by molar-refractivity contribution is 7.98. The zero-order chi connectivity index (χ0) is 12.1. The number of nitrogens with zero attached hydrogens (tertiary/aromatic N) is 1. The van der Waals surface area contributed by atoms with E-state index in [4.69, 9.17) is 16.9 Å². The lowest BCUT2D eigenvalue weighted by Crippen LogP contribution is -1.82. The van der Waals surface area contributed by atoms with E-state index < -0.39 is 0 Å². The number of thioether (sulfide) groups is 1. The third-order valence-electron chi connectivity index (χ3n) is 2.31. The minimum Gasteiger partial charge on any atom is -0.192 e. The molecule has 17 heavy (non-hydrogen) atoms. The molecule has 0 aromatic heterocycles. The standard InChI is InChI=1S/C14H10ClNS/c15-13-3-1-2-4-14(13)17-10-12-7-5-11(9-16)6-8-12/h1-8H,10H2. The van der Waals surface area contributed by atoms with Crippen LogP contribution < -0.4 is 0 Å². The molecule has 0 saturated carbocycles.